The number of halogens is 2. The lowest BCUT2D eigenvalue weighted by molar-refractivity contribution is 0.0663. The van der Waals surface area contributed by atoms with E-state index in [1.54, 1.807) is 6.07 Å². The molecule has 188 valence electrons. The number of benzene rings is 4. The standard InChI is InChI=1S/C31H29F2N3O/c1-17-15-34-28-21(17)9-6-10-22(28)25-23(32)14-24-26(27(25)33)29(30(37)31(2,3)36-24)35-16-18-11-12-19-7-4-5-8-20(19)13-18/h4-15,29-30,34-37H,16H2,1-3H3. The second-order valence-corrected chi connectivity index (χ2v) is 10.5. The van der Waals surface area contributed by atoms with Crippen LogP contribution in [0.25, 0.3) is 32.8 Å². The number of aromatic amines is 1. The molecular formula is C31H29F2N3O. The summed E-state index contributed by atoms with van der Waals surface area (Å²) in [6, 6.07) is 20.3. The fourth-order valence-electron chi connectivity index (χ4n) is 5.58. The van der Waals surface area contributed by atoms with Crippen molar-refractivity contribution in [1.29, 1.82) is 0 Å². The maximum Gasteiger partial charge on any atom is 0.140 e. The van der Waals surface area contributed by atoms with Crippen molar-refractivity contribution in [3.63, 3.8) is 0 Å². The van der Waals surface area contributed by atoms with Gasteiger partial charge in [-0.15, -0.1) is 0 Å². The molecule has 6 rings (SSSR count). The summed E-state index contributed by atoms with van der Waals surface area (Å²) in [7, 11) is 0. The van der Waals surface area contributed by atoms with Crippen molar-refractivity contribution in [3.8, 4) is 11.1 Å². The molecule has 0 aliphatic carbocycles. The minimum atomic E-state index is -0.961. The quantitative estimate of drug-likeness (QED) is 0.217. The van der Waals surface area contributed by atoms with E-state index < -0.39 is 29.3 Å². The van der Waals surface area contributed by atoms with Gasteiger partial charge in [0.1, 0.15) is 11.6 Å². The Morgan fingerprint density at radius 1 is 0.973 bits per heavy atom. The highest BCUT2D eigenvalue weighted by Gasteiger charge is 2.43. The summed E-state index contributed by atoms with van der Waals surface area (Å²) >= 11 is 0. The van der Waals surface area contributed by atoms with E-state index in [4.69, 9.17) is 0 Å². The largest absolute Gasteiger partial charge is 0.389 e. The van der Waals surface area contributed by atoms with E-state index in [0.29, 0.717) is 23.3 Å². The van der Waals surface area contributed by atoms with E-state index in [1.165, 1.54) is 6.07 Å². The topological polar surface area (TPSA) is 60.1 Å². The lowest BCUT2D eigenvalue weighted by atomic mass is 9.80. The third kappa shape index (κ3) is 3.88. The number of aromatic nitrogens is 1. The minimum absolute atomic E-state index is 0.0996. The van der Waals surface area contributed by atoms with Gasteiger partial charge in [-0.3, -0.25) is 0 Å². The number of fused-ring (bicyclic) bond motifs is 3. The van der Waals surface area contributed by atoms with E-state index in [1.807, 2.05) is 63.4 Å². The summed E-state index contributed by atoms with van der Waals surface area (Å²) in [5.41, 5.74) is 2.84. The number of aliphatic hydroxyl groups is 1. The van der Waals surface area contributed by atoms with Crippen LogP contribution in [0.1, 0.15) is 36.6 Å². The first-order valence-electron chi connectivity index (χ1n) is 12.5. The Morgan fingerprint density at radius 3 is 2.57 bits per heavy atom. The molecule has 5 aromatic rings. The average Bonchev–Trinajstić information content (AvgIpc) is 3.26. The third-order valence-electron chi connectivity index (χ3n) is 7.61. The number of rotatable bonds is 4. The van der Waals surface area contributed by atoms with Crippen LogP contribution in [0.3, 0.4) is 0 Å². The van der Waals surface area contributed by atoms with Gasteiger partial charge in [0.05, 0.1) is 28.8 Å². The SMILES string of the molecule is Cc1c[nH]c2c(-c3c(F)cc4c(c3F)C(NCc3ccc5ccccc5c3)C(O)C(C)(C)N4)cccc12. The molecule has 0 bridgehead atoms. The predicted molar refractivity (Wildman–Crippen MR) is 146 cm³/mol. The van der Waals surface area contributed by atoms with Gasteiger partial charge in [0, 0.05) is 34.9 Å². The normalized spacial score (nSPS) is 18.6. The summed E-state index contributed by atoms with van der Waals surface area (Å²) in [5.74, 6) is -1.32. The van der Waals surface area contributed by atoms with Crippen LogP contribution in [0.5, 0.6) is 0 Å². The van der Waals surface area contributed by atoms with Gasteiger partial charge in [-0.05, 0) is 54.8 Å². The number of anilines is 1. The van der Waals surface area contributed by atoms with Gasteiger partial charge < -0.3 is 20.7 Å². The van der Waals surface area contributed by atoms with Crippen molar-refractivity contribution in [2.24, 2.45) is 0 Å². The maximum absolute atomic E-state index is 16.4. The molecule has 2 heterocycles. The van der Waals surface area contributed by atoms with Gasteiger partial charge in [-0.1, -0.05) is 54.6 Å². The zero-order valence-corrected chi connectivity index (χ0v) is 21.0. The Labute approximate surface area is 214 Å². The van der Waals surface area contributed by atoms with Crippen molar-refractivity contribution in [2.45, 2.75) is 45.0 Å². The molecule has 4 aromatic carbocycles. The second-order valence-electron chi connectivity index (χ2n) is 10.5. The molecule has 1 aliphatic rings. The minimum Gasteiger partial charge on any atom is -0.389 e. The van der Waals surface area contributed by atoms with Crippen LogP contribution in [0, 0.1) is 18.6 Å². The van der Waals surface area contributed by atoms with Gasteiger partial charge in [0.15, 0.2) is 0 Å². The molecule has 4 nitrogen and oxygen atoms in total. The lowest BCUT2D eigenvalue weighted by Crippen LogP contribution is -2.54. The number of hydrogen-bond acceptors (Lipinski definition) is 3. The van der Waals surface area contributed by atoms with Gasteiger partial charge in [-0.2, -0.15) is 0 Å². The first kappa shape index (κ1) is 23.6. The second kappa shape index (κ2) is 8.68. The Hall–Kier alpha value is -3.74. The number of H-pyrrole nitrogens is 1. The van der Waals surface area contributed by atoms with Crippen molar-refractivity contribution in [1.82, 2.24) is 10.3 Å². The zero-order chi connectivity index (χ0) is 25.9. The summed E-state index contributed by atoms with van der Waals surface area (Å²) in [6.07, 6.45) is 0.876. The van der Waals surface area contributed by atoms with Crippen molar-refractivity contribution < 1.29 is 13.9 Å². The molecular weight excluding hydrogens is 468 g/mol. The maximum atomic E-state index is 16.4. The van der Waals surface area contributed by atoms with Gasteiger partial charge in [0.25, 0.3) is 0 Å². The van der Waals surface area contributed by atoms with E-state index >= 15 is 8.78 Å². The van der Waals surface area contributed by atoms with Crippen LogP contribution in [-0.4, -0.2) is 21.7 Å². The van der Waals surface area contributed by atoms with E-state index in [-0.39, 0.29) is 11.1 Å². The van der Waals surface area contributed by atoms with Crippen molar-refractivity contribution in [3.05, 3.63) is 101 Å². The first-order valence-corrected chi connectivity index (χ1v) is 12.5. The molecule has 6 heteroatoms. The summed E-state index contributed by atoms with van der Waals surface area (Å²) < 4.78 is 32.0. The third-order valence-corrected chi connectivity index (χ3v) is 7.61. The highest BCUT2D eigenvalue weighted by Crippen LogP contribution is 2.44. The molecule has 4 N–H and O–H groups in total. The zero-order valence-electron chi connectivity index (χ0n) is 21.0. The molecule has 1 aliphatic heterocycles. The molecule has 1 aromatic heterocycles. The van der Waals surface area contributed by atoms with Crippen molar-refractivity contribution in [2.75, 3.05) is 5.32 Å². The molecule has 0 saturated carbocycles. The first-order chi connectivity index (χ1) is 17.7. The Kier molecular flexibility index (Phi) is 5.55. The molecule has 2 atom stereocenters. The fraction of sp³-hybridized carbons (Fsp3) is 0.226. The van der Waals surface area contributed by atoms with Gasteiger partial charge >= 0.3 is 0 Å². The molecule has 2 unspecified atom stereocenters. The van der Waals surface area contributed by atoms with Crippen molar-refractivity contribution >= 4 is 27.4 Å². The van der Waals surface area contributed by atoms with Gasteiger partial charge in [0.2, 0.25) is 0 Å². The average molecular weight is 498 g/mol. The molecule has 0 saturated heterocycles. The van der Waals surface area contributed by atoms with Crippen LogP contribution >= 0.6 is 0 Å². The van der Waals surface area contributed by atoms with E-state index in [9.17, 15) is 5.11 Å². The molecule has 0 amide bonds. The summed E-state index contributed by atoms with van der Waals surface area (Å²) in [4.78, 5) is 3.17. The predicted octanol–water partition coefficient (Wildman–Crippen LogP) is 6.97. The number of nitrogens with one attached hydrogen (secondary N) is 3. The Bertz CT molecular complexity index is 1660. The van der Waals surface area contributed by atoms with Crippen LogP contribution < -0.4 is 10.6 Å². The molecule has 0 fully saturated rings. The van der Waals surface area contributed by atoms with Crippen LogP contribution in [-0.2, 0) is 6.54 Å². The van der Waals surface area contributed by atoms with E-state index in [2.05, 4.69) is 33.8 Å². The highest BCUT2D eigenvalue weighted by atomic mass is 19.1. The highest BCUT2D eigenvalue weighted by molar-refractivity contribution is 5.96. The van der Waals surface area contributed by atoms with Crippen LogP contribution in [0.15, 0.2) is 72.9 Å². The van der Waals surface area contributed by atoms with E-state index in [0.717, 1.165) is 27.3 Å². The number of aryl methyl sites for hydroxylation is 1. The number of hydrogen-bond donors (Lipinski definition) is 4. The fourth-order valence-corrected chi connectivity index (χ4v) is 5.58. The number of aliphatic hydroxyl groups excluding tert-OH is 1. The molecule has 0 spiro atoms. The van der Waals surface area contributed by atoms with Crippen LogP contribution in [0.4, 0.5) is 14.5 Å². The van der Waals surface area contributed by atoms with Crippen LogP contribution in [0.2, 0.25) is 0 Å². The molecule has 0 radical (unpaired) electrons. The lowest BCUT2D eigenvalue weighted by Gasteiger charge is -2.44. The molecule has 37 heavy (non-hydrogen) atoms. The number of para-hydroxylation sites is 1. The monoisotopic (exact) mass is 497 g/mol. The Balaban J connectivity index is 1.45. The summed E-state index contributed by atoms with van der Waals surface area (Å²) in [6.45, 7) is 6.03. The van der Waals surface area contributed by atoms with Gasteiger partial charge in [-0.25, -0.2) is 8.78 Å². The smallest absolute Gasteiger partial charge is 0.140 e. The summed E-state index contributed by atoms with van der Waals surface area (Å²) in [5, 5.41) is 21.0. The Morgan fingerprint density at radius 2 is 1.76 bits per heavy atom.